The summed E-state index contributed by atoms with van der Waals surface area (Å²) in [6, 6.07) is 9.24. The molecule has 0 fully saturated rings. The van der Waals surface area contributed by atoms with Gasteiger partial charge < -0.3 is 5.11 Å². The standard InChI is InChI=1S/C11H9BO/c1-7-10-4-3-9(12)6-8(10)2-5-11(7)13/h2-6,13H,1H3. The molecule has 0 aliphatic heterocycles. The number of phenols is 1. The maximum absolute atomic E-state index is 9.46. The molecule has 0 aliphatic carbocycles. The molecule has 0 unspecified atom stereocenters. The van der Waals surface area contributed by atoms with Gasteiger partial charge in [-0.25, -0.2) is 0 Å². The Kier molecular flexibility index (Phi) is 1.76. The van der Waals surface area contributed by atoms with E-state index in [1.165, 1.54) is 0 Å². The molecule has 0 amide bonds. The molecule has 0 saturated carbocycles. The highest BCUT2D eigenvalue weighted by atomic mass is 16.3. The van der Waals surface area contributed by atoms with Crippen LogP contribution in [0.3, 0.4) is 0 Å². The summed E-state index contributed by atoms with van der Waals surface area (Å²) in [5.74, 6) is 0.331. The molecule has 0 aliphatic rings. The second-order valence-electron chi connectivity index (χ2n) is 3.19. The van der Waals surface area contributed by atoms with Crippen LogP contribution in [0.2, 0.25) is 0 Å². The molecule has 2 aromatic rings. The van der Waals surface area contributed by atoms with E-state index in [4.69, 9.17) is 7.85 Å². The van der Waals surface area contributed by atoms with Gasteiger partial charge >= 0.3 is 0 Å². The highest BCUT2D eigenvalue weighted by Crippen LogP contribution is 2.24. The van der Waals surface area contributed by atoms with Gasteiger partial charge in [0.15, 0.2) is 0 Å². The number of aromatic hydroxyl groups is 1. The minimum atomic E-state index is 0.331. The molecule has 2 rings (SSSR count). The normalized spacial score (nSPS) is 10.5. The van der Waals surface area contributed by atoms with E-state index in [1.54, 1.807) is 6.07 Å². The predicted octanol–water partition coefficient (Wildman–Crippen LogP) is 1.65. The summed E-state index contributed by atoms with van der Waals surface area (Å²) in [6.07, 6.45) is 0. The zero-order valence-electron chi connectivity index (χ0n) is 7.41. The van der Waals surface area contributed by atoms with Gasteiger partial charge in [0, 0.05) is 0 Å². The van der Waals surface area contributed by atoms with Crippen molar-refractivity contribution < 1.29 is 5.11 Å². The number of aryl methyl sites for hydroxylation is 1. The van der Waals surface area contributed by atoms with Gasteiger partial charge in [0.2, 0.25) is 0 Å². The van der Waals surface area contributed by atoms with Crippen molar-refractivity contribution in [3.63, 3.8) is 0 Å². The molecular weight excluding hydrogens is 159 g/mol. The number of rotatable bonds is 0. The van der Waals surface area contributed by atoms with Crippen molar-refractivity contribution in [2.24, 2.45) is 0 Å². The van der Waals surface area contributed by atoms with Crippen molar-refractivity contribution in [3.05, 3.63) is 35.9 Å². The Hall–Kier alpha value is -1.44. The quantitative estimate of drug-likeness (QED) is 0.593. The van der Waals surface area contributed by atoms with Crippen molar-refractivity contribution in [1.82, 2.24) is 0 Å². The van der Waals surface area contributed by atoms with E-state index >= 15 is 0 Å². The molecule has 2 heteroatoms. The van der Waals surface area contributed by atoms with Crippen molar-refractivity contribution in [2.75, 3.05) is 0 Å². The van der Waals surface area contributed by atoms with Crippen LogP contribution in [0.25, 0.3) is 10.8 Å². The van der Waals surface area contributed by atoms with Gasteiger partial charge in [-0.3, -0.25) is 0 Å². The molecule has 0 saturated heterocycles. The Morgan fingerprint density at radius 2 is 1.92 bits per heavy atom. The lowest BCUT2D eigenvalue weighted by atomic mass is 9.92. The first-order chi connectivity index (χ1) is 6.18. The minimum absolute atomic E-state index is 0.331. The number of hydrogen-bond donors (Lipinski definition) is 1. The lowest BCUT2D eigenvalue weighted by Gasteiger charge is -2.04. The average molecular weight is 168 g/mol. The third-order valence-corrected chi connectivity index (χ3v) is 2.28. The summed E-state index contributed by atoms with van der Waals surface area (Å²) < 4.78 is 0. The highest BCUT2D eigenvalue weighted by molar-refractivity contribution is 6.33. The zero-order chi connectivity index (χ0) is 9.42. The van der Waals surface area contributed by atoms with Crippen LogP contribution in [0.5, 0.6) is 5.75 Å². The summed E-state index contributed by atoms with van der Waals surface area (Å²) in [5, 5.41) is 11.6. The Bertz CT molecular complexity index is 463. The number of benzene rings is 2. The van der Waals surface area contributed by atoms with Gasteiger partial charge in [-0.2, -0.15) is 0 Å². The second-order valence-corrected chi connectivity index (χ2v) is 3.19. The van der Waals surface area contributed by atoms with Gasteiger partial charge in [0.25, 0.3) is 0 Å². The molecule has 0 heterocycles. The molecule has 1 N–H and O–H groups in total. The Morgan fingerprint density at radius 1 is 1.15 bits per heavy atom. The van der Waals surface area contributed by atoms with E-state index < -0.39 is 0 Å². The molecule has 1 nitrogen and oxygen atoms in total. The lowest BCUT2D eigenvalue weighted by molar-refractivity contribution is 0.472. The summed E-state index contributed by atoms with van der Waals surface area (Å²) in [4.78, 5) is 0. The summed E-state index contributed by atoms with van der Waals surface area (Å²) in [7, 11) is 5.65. The lowest BCUT2D eigenvalue weighted by Crippen LogP contribution is -1.99. The largest absolute Gasteiger partial charge is 0.508 e. The molecule has 0 spiro atoms. The van der Waals surface area contributed by atoms with Crippen molar-refractivity contribution in [3.8, 4) is 5.75 Å². The van der Waals surface area contributed by atoms with Gasteiger partial charge in [-0.1, -0.05) is 29.7 Å². The first-order valence-corrected chi connectivity index (χ1v) is 4.16. The molecule has 0 bridgehead atoms. The first kappa shape index (κ1) is 8.18. The van der Waals surface area contributed by atoms with E-state index in [0.29, 0.717) is 5.75 Å². The van der Waals surface area contributed by atoms with E-state index in [2.05, 4.69) is 0 Å². The molecule has 0 aromatic heterocycles. The van der Waals surface area contributed by atoms with E-state index in [9.17, 15) is 5.11 Å². The number of fused-ring (bicyclic) bond motifs is 1. The molecule has 2 radical (unpaired) electrons. The van der Waals surface area contributed by atoms with Crippen LogP contribution >= 0.6 is 0 Å². The molecule has 0 atom stereocenters. The number of hydrogen-bond acceptors (Lipinski definition) is 1. The minimum Gasteiger partial charge on any atom is -0.508 e. The maximum atomic E-state index is 9.46. The zero-order valence-corrected chi connectivity index (χ0v) is 7.41. The van der Waals surface area contributed by atoms with Crippen LogP contribution in [0.1, 0.15) is 5.56 Å². The van der Waals surface area contributed by atoms with E-state index in [-0.39, 0.29) is 0 Å². The Morgan fingerprint density at radius 3 is 2.69 bits per heavy atom. The maximum Gasteiger partial charge on any atom is 0.119 e. The molecule has 13 heavy (non-hydrogen) atoms. The SMILES string of the molecule is [B]c1ccc2c(C)c(O)ccc2c1. The van der Waals surface area contributed by atoms with Crippen molar-refractivity contribution in [1.29, 1.82) is 0 Å². The van der Waals surface area contributed by atoms with Gasteiger partial charge in [-0.05, 0) is 29.3 Å². The summed E-state index contributed by atoms with van der Waals surface area (Å²) in [5.41, 5.74) is 1.65. The van der Waals surface area contributed by atoms with Crippen LogP contribution in [-0.4, -0.2) is 13.0 Å². The monoisotopic (exact) mass is 168 g/mol. The van der Waals surface area contributed by atoms with Crippen LogP contribution < -0.4 is 5.46 Å². The molecular formula is C11H9BO. The van der Waals surface area contributed by atoms with Gasteiger partial charge in [-0.15, -0.1) is 0 Å². The fourth-order valence-corrected chi connectivity index (χ4v) is 1.49. The smallest absolute Gasteiger partial charge is 0.119 e. The van der Waals surface area contributed by atoms with E-state index in [1.807, 2.05) is 31.2 Å². The highest BCUT2D eigenvalue weighted by Gasteiger charge is 2.00. The third-order valence-electron chi connectivity index (χ3n) is 2.28. The van der Waals surface area contributed by atoms with E-state index in [0.717, 1.165) is 21.8 Å². The Balaban J connectivity index is 2.87. The molecule has 62 valence electrons. The number of phenolic OH excluding ortho intramolecular Hbond substituents is 1. The average Bonchev–Trinajstić information content (AvgIpc) is 2.12. The fraction of sp³-hybridized carbons (Fsp3) is 0.0909. The van der Waals surface area contributed by atoms with Crippen molar-refractivity contribution >= 4 is 24.1 Å². The fourth-order valence-electron chi connectivity index (χ4n) is 1.49. The predicted molar refractivity (Wildman–Crippen MR) is 55.7 cm³/mol. The Labute approximate surface area is 78.4 Å². The van der Waals surface area contributed by atoms with Crippen molar-refractivity contribution in [2.45, 2.75) is 6.92 Å². The van der Waals surface area contributed by atoms with Crippen LogP contribution in [0.15, 0.2) is 30.3 Å². The van der Waals surface area contributed by atoms with Crippen LogP contribution in [0.4, 0.5) is 0 Å². The second kappa shape index (κ2) is 2.80. The topological polar surface area (TPSA) is 20.2 Å². The van der Waals surface area contributed by atoms with Crippen LogP contribution in [-0.2, 0) is 0 Å². The first-order valence-electron chi connectivity index (χ1n) is 4.16. The van der Waals surface area contributed by atoms with Gasteiger partial charge in [0.05, 0.1) is 0 Å². The summed E-state index contributed by atoms with van der Waals surface area (Å²) in [6.45, 7) is 1.90. The molecule has 2 aromatic carbocycles. The summed E-state index contributed by atoms with van der Waals surface area (Å²) >= 11 is 0. The van der Waals surface area contributed by atoms with Gasteiger partial charge in [0.1, 0.15) is 13.6 Å². The third kappa shape index (κ3) is 1.28. The van der Waals surface area contributed by atoms with Crippen LogP contribution in [0, 0.1) is 6.92 Å².